The summed E-state index contributed by atoms with van der Waals surface area (Å²) in [7, 11) is 0.993. The lowest BCUT2D eigenvalue weighted by molar-refractivity contribution is -0.142. The number of ether oxygens (including phenoxy) is 1. The molecule has 0 aliphatic carbocycles. The van der Waals surface area contributed by atoms with Crippen LogP contribution in [0.25, 0.3) is 39.0 Å². The van der Waals surface area contributed by atoms with Crippen molar-refractivity contribution in [2.75, 3.05) is 7.11 Å². The number of carbonyl (C=O) groups excluding carboxylic acids is 1. The normalized spacial score (nSPS) is 11.7. The van der Waals surface area contributed by atoms with E-state index in [2.05, 4.69) is 15.2 Å². The van der Waals surface area contributed by atoms with Gasteiger partial charge in [-0.25, -0.2) is 23.2 Å². The van der Waals surface area contributed by atoms with Gasteiger partial charge in [0.25, 0.3) is 0 Å². The van der Waals surface area contributed by atoms with Gasteiger partial charge in [0.15, 0.2) is 11.5 Å². The van der Waals surface area contributed by atoms with Crippen LogP contribution in [0.5, 0.6) is 0 Å². The second-order valence-electron chi connectivity index (χ2n) is 7.66. The van der Waals surface area contributed by atoms with Crippen LogP contribution in [0.1, 0.15) is 16.1 Å². The lowest BCUT2D eigenvalue weighted by atomic mass is 10.0. The SMILES string of the molecule is COC(=O)c1c(-c2c(F)cccc2Cl)noc1-c1cnn(-c2nc(-c3ccc(F)cc3)cs2)c1C(F)(F)F. The molecule has 0 radical (unpaired) electrons. The summed E-state index contributed by atoms with van der Waals surface area (Å²) in [6, 6.07) is 8.91. The Bertz CT molecular complexity index is 1640. The molecule has 3 aromatic heterocycles. The quantitative estimate of drug-likeness (QED) is 0.167. The van der Waals surface area contributed by atoms with Gasteiger partial charge >= 0.3 is 12.1 Å². The molecule has 5 rings (SSSR count). The van der Waals surface area contributed by atoms with Crippen LogP contribution in [0.4, 0.5) is 22.0 Å². The Balaban J connectivity index is 1.69. The van der Waals surface area contributed by atoms with Crippen molar-refractivity contribution in [1.29, 1.82) is 0 Å². The molecule has 0 fully saturated rings. The third-order valence-electron chi connectivity index (χ3n) is 5.38. The van der Waals surface area contributed by atoms with Crippen LogP contribution in [0.2, 0.25) is 5.02 Å². The second-order valence-corrected chi connectivity index (χ2v) is 8.91. The molecule has 0 N–H and O–H groups in total. The first-order valence-corrected chi connectivity index (χ1v) is 11.8. The van der Waals surface area contributed by atoms with Crippen molar-refractivity contribution in [2.45, 2.75) is 6.18 Å². The van der Waals surface area contributed by atoms with Crippen LogP contribution in [-0.4, -0.2) is 33.0 Å². The molecule has 0 spiro atoms. The fraction of sp³-hybridized carbons (Fsp3) is 0.0833. The summed E-state index contributed by atoms with van der Waals surface area (Å²) in [6.45, 7) is 0. The number of rotatable bonds is 5. The summed E-state index contributed by atoms with van der Waals surface area (Å²) in [4.78, 5) is 16.9. The van der Waals surface area contributed by atoms with E-state index in [4.69, 9.17) is 20.9 Å². The second kappa shape index (κ2) is 9.65. The molecule has 0 unspecified atom stereocenters. The highest BCUT2D eigenvalue weighted by atomic mass is 35.5. The Kier molecular flexibility index (Phi) is 6.49. The van der Waals surface area contributed by atoms with E-state index in [-0.39, 0.29) is 15.7 Å². The molecule has 0 aliphatic heterocycles. The molecule has 0 bridgehead atoms. The van der Waals surface area contributed by atoms with Crippen LogP contribution < -0.4 is 0 Å². The van der Waals surface area contributed by atoms with Gasteiger partial charge in [-0.1, -0.05) is 22.8 Å². The van der Waals surface area contributed by atoms with Crippen LogP contribution in [0.15, 0.2) is 58.6 Å². The largest absolute Gasteiger partial charge is 0.465 e. The molecule has 0 saturated heterocycles. The molecule has 38 heavy (non-hydrogen) atoms. The number of alkyl halides is 3. The van der Waals surface area contributed by atoms with Crippen molar-refractivity contribution in [1.82, 2.24) is 19.9 Å². The van der Waals surface area contributed by atoms with Crippen molar-refractivity contribution >= 4 is 28.9 Å². The van der Waals surface area contributed by atoms with Crippen LogP contribution in [-0.2, 0) is 10.9 Å². The first-order chi connectivity index (χ1) is 18.1. The minimum absolute atomic E-state index is 0.155. The zero-order valence-electron chi connectivity index (χ0n) is 18.9. The molecule has 0 aliphatic rings. The summed E-state index contributed by atoms with van der Waals surface area (Å²) < 4.78 is 81.4. The fourth-order valence-corrected chi connectivity index (χ4v) is 4.75. The van der Waals surface area contributed by atoms with E-state index < -0.39 is 52.1 Å². The van der Waals surface area contributed by atoms with Gasteiger partial charge in [0.1, 0.15) is 22.9 Å². The third-order valence-corrected chi connectivity index (χ3v) is 6.51. The predicted molar refractivity (Wildman–Crippen MR) is 127 cm³/mol. The number of thiazole rings is 1. The van der Waals surface area contributed by atoms with E-state index in [1.165, 1.54) is 41.8 Å². The smallest absolute Gasteiger partial charge is 0.434 e. The molecule has 194 valence electrons. The average Bonchev–Trinajstić information content (AvgIpc) is 3.61. The Morgan fingerprint density at radius 3 is 2.53 bits per heavy atom. The fourth-order valence-electron chi connectivity index (χ4n) is 3.71. The standard InChI is InChI=1S/C24H12ClF5N4O3S/c1-36-22(35)18-19(17-14(25)3-2-4-15(17)27)33-37-20(18)13-9-31-34(21(13)24(28,29)30)23-32-16(10-38-23)11-5-7-12(26)8-6-11/h2-10H,1H3. The Hall–Kier alpha value is -4.10. The molecular formula is C24H12ClF5N4O3S. The molecule has 0 atom stereocenters. The summed E-state index contributed by atoms with van der Waals surface area (Å²) >= 11 is 6.94. The molecule has 14 heteroatoms. The highest BCUT2D eigenvalue weighted by molar-refractivity contribution is 7.12. The molecule has 0 saturated carbocycles. The lowest BCUT2D eigenvalue weighted by Gasteiger charge is -2.10. The van der Waals surface area contributed by atoms with E-state index in [9.17, 15) is 26.7 Å². The van der Waals surface area contributed by atoms with Crippen molar-refractivity contribution in [2.24, 2.45) is 0 Å². The molecule has 0 amide bonds. The third kappa shape index (κ3) is 4.43. The van der Waals surface area contributed by atoms with Crippen LogP contribution >= 0.6 is 22.9 Å². The summed E-state index contributed by atoms with van der Waals surface area (Å²) in [5.41, 5.74) is -2.59. The van der Waals surface area contributed by atoms with Crippen molar-refractivity contribution in [3.05, 3.63) is 82.0 Å². The van der Waals surface area contributed by atoms with Gasteiger partial charge in [0.2, 0.25) is 5.13 Å². The minimum Gasteiger partial charge on any atom is -0.465 e. The number of aromatic nitrogens is 4. The first-order valence-electron chi connectivity index (χ1n) is 10.5. The first kappa shape index (κ1) is 25.5. The van der Waals surface area contributed by atoms with E-state index >= 15 is 0 Å². The number of benzene rings is 2. The number of esters is 1. The Morgan fingerprint density at radius 2 is 1.87 bits per heavy atom. The van der Waals surface area contributed by atoms with Gasteiger partial charge < -0.3 is 9.26 Å². The maximum Gasteiger partial charge on any atom is 0.434 e. The molecule has 2 aromatic carbocycles. The van der Waals surface area contributed by atoms with Crippen LogP contribution in [0, 0.1) is 11.6 Å². The maximum absolute atomic E-state index is 14.6. The molecule has 3 heterocycles. The van der Waals surface area contributed by atoms with E-state index in [0.717, 1.165) is 30.7 Å². The zero-order chi connectivity index (χ0) is 27.2. The topological polar surface area (TPSA) is 83.0 Å². The average molecular weight is 567 g/mol. The Morgan fingerprint density at radius 1 is 1.13 bits per heavy atom. The van der Waals surface area contributed by atoms with Gasteiger partial charge in [-0.15, -0.1) is 11.3 Å². The molecule has 5 aromatic rings. The summed E-state index contributed by atoms with van der Waals surface area (Å²) in [6.07, 6.45) is -4.19. The van der Waals surface area contributed by atoms with E-state index in [1.54, 1.807) is 0 Å². The summed E-state index contributed by atoms with van der Waals surface area (Å²) in [5, 5.41) is 8.66. The lowest BCUT2D eigenvalue weighted by Crippen LogP contribution is -2.15. The molecular weight excluding hydrogens is 555 g/mol. The Labute approximate surface area is 219 Å². The minimum atomic E-state index is -5.01. The van der Waals surface area contributed by atoms with Gasteiger partial charge in [0, 0.05) is 10.9 Å². The van der Waals surface area contributed by atoms with Crippen molar-refractivity contribution < 1.29 is 36.0 Å². The summed E-state index contributed by atoms with van der Waals surface area (Å²) in [5.74, 6) is -3.15. The number of hydrogen-bond acceptors (Lipinski definition) is 7. The molecule has 7 nitrogen and oxygen atoms in total. The highest BCUT2D eigenvalue weighted by Gasteiger charge is 2.42. The van der Waals surface area contributed by atoms with E-state index in [1.807, 2.05) is 0 Å². The van der Waals surface area contributed by atoms with Crippen molar-refractivity contribution in [3.63, 3.8) is 0 Å². The zero-order valence-corrected chi connectivity index (χ0v) is 20.5. The van der Waals surface area contributed by atoms with Gasteiger partial charge in [-0.2, -0.15) is 18.3 Å². The monoisotopic (exact) mass is 566 g/mol. The van der Waals surface area contributed by atoms with Gasteiger partial charge in [-0.05, 0) is 36.4 Å². The number of carbonyl (C=O) groups is 1. The maximum atomic E-state index is 14.6. The van der Waals surface area contributed by atoms with Gasteiger partial charge in [-0.3, -0.25) is 0 Å². The number of nitrogens with zero attached hydrogens (tertiary/aromatic N) is 4. The van der Waals surface area contributed by atoms with Gasteiger partial charge in [0.05, 0.1) is 35.2 Å². The van der Waals surface area contributed by atoms with Crippen LogP contribution in [0.3, 0.4) is 0 Å². The van der Waals surface area contributed by atoms with E-state index in [0.29, 0.717) is 15.9 Å². The highest BCUT2D eigenvalue weighted by Crippen LogP contribution is 2.43. The number of halogens is 6. The number of methoxy groups -OCH3 is 1. The van der Waals surface area contributed by atoms with Crippen molar-refractivity contribution in [3.8, 4) is 39.0 Å². The number of hydrogen-bond donors (Lipinski definition) is 0. The predicted octanol–water partition coefficient (Wildman–Crippen LogP) is 7.05.